The van der Waals surface area contributed by atoms with E-state index in [9.17, 15) is 13.2 Å². The lowest BCUT2D eigenvalue weighted by atomic mass is 9.95. The normalized spacial score (nSPS) is 17.1. The van der Waals surface area contributed by atoms with Gasteiger partial charge in [-0.25, -0.2) is 8.42 Å². The van der Waals surface area contributed by atoms with Crippen LogP contribution >= 0.6 is 0 Å². The maximum absolute atomic E-state index is 11.3. The highest BCUT2D eigenvalue weighted by molar-refractivity contribution is 7.90. The van der Waals surface area contributed by atoms with Crippen molar-refractivity contribution in [3.63, 3.8) is 0 Å². The number of aromatic nitrogens is 2. The molecule has 0 amide bonds. The van der Waals surface area contributed by atoms with Crippen LogP contribution in [0.25, 0.3) is 0 Å². The minimum atomic E-state index is -3.31. The van der Waals surface area contributed by atoms with E-state index in [2.05, 4.69) is 5.10 Å². The summed E-state index contributed by atoms with van der Waals surface area (Å²) in [6.07, 6.45) is 3.84. The van der Waals surface area contributed by atoms with E-state index < -0.39 is 21.3 Å². The van der Waals surface area contributed by atoms with E-state index in [1.165, 1.54) is 24.0 Å². The zero-order valence-electron chi connectivity index (χ0n) is 10.5. The number of nitrogens with two attached hydrogens (primary N) is 1. The quantitative estimate of drug-likeness (QED) is 0.784. The summed E-state index contributed by atoms with van der Waals surface area (Å²) in [5, 5.41) is 12.8. The van der Waals surface area contributed by atoms with Gasteiger partial charge in [-0.05, 0) is 20.3 Å². The lowest BCUT2D eigenvalue weighted by Crippen LogP contribution is -2.46. The third kappa shape index (κ3) is 3.30. The number of hydrogen-bond acceptors (Lipinski definition) is 5. The van der Waals surface area contributed by atoms with Gasteiger partial charge in [-0.15, -0.1) is 0 Å². The molecule has 0 radical (unpaired) electrons. The van der Waals surface area contributed by atoms with E-state index in [0.29, 0.717) is 0 Å². The van der Waals surface area contributed by atoms with Crippen molar-refractivity contribution in [3.05, 3.63) is 12.4 Å². The number of aliphatic carboxylic acids is 1. The molecule has 0 saturated heterocycles. The topological polar surface area (TPSA) is 115 Å². The molecule has 2 atom stereocenters. The second kappa shape index (κ2) is 4.69. The van der Waals surface area contributed by atoms with Crippen LogP contribution in [0.4, 0.5) is 0 Å². The average molecular weight is 275 g/mol. The van der Waals surface area contributed by atoms with Gasteiger partial charge in [0.2, 0.25) is 0 Å². The van der Waals surface area contributed by atoms with E-state index in [4.69, 9.17) is 10.8 Å². The van der Waals surface area contributed by atoms with Crippen LogP contribution in [0, 0.1) is 0 Å². The van der Waals surface area contributed by atoms with Gasteiger partial charge in [-0.3, -0.25) is 9.48 Å². The Kier molecular flexibility index (Phi) is 3.82. The fourth-order valence-electron chi connectivity index (χ4n) is 1.55. The van der Waals surface area contributed by atoms with Crippen LogP contribution in [0.3, 0.4) is 0 Å². The first-order valence-electron chi connectivity index (χ1n) is 5.30. The van der Waals surface area contributed by atoms with Crippen LogP contribution in [0.15, 0.2) is 17.3 Å². The Morgan fingerprint density at radius 3 is 2.61 bits per heavy atom. The van der Waals surface area contributed by atoms with Gasteiger partial charge < -0.3 is 10.8 Å². The van der Waals surface area contributed by atoms with E-state index in [1.54, 1.807) is 6.92 Å². The Hall–Kier alpha value is -1.41. The Labute approximate surface area is 106 Å². The molecule has 8 heteroatoms. The Morgan fingerprint density at radius 1 is 1.67 bits per heavy atom. The lowest BCUT2D eigenvalue weighted by molar-refractivity contribution is -0.143. The Balaban J connectivity index is 2.90. The SMILES string of the molecule is CC(CC(C)(N)C(=O)O)n1cc(S(C)(=O)=O)cn1. The van der Waals surface area contributed by atoms with Crippen LogP contribution in [0.5, 0.6) is 0 Å². The summed E-state index contributed by atoms with van der Waals surface area (Å²) in [5.74, 6) is -1.11. The summed E-state index contributed by atoms with van der Waals surface area (Å²) in [6, 6.07) is -0.313. The third-order valence-corrected chi connectivity index (χ3v) is 3.73. The first-order chi connectivity index (χ1) is 8.04. The molecular formula is C10H17N3O4S. The van der Waals surface area contributed by atoms with Gasteiger partial charge in [-0.2, -0.15) is 5.10 Å². The van der Waals surface area contributed by atoms with Crippen LogP contribution in [-0.2, 0) is 14.6 Å². The highest BCUT2D eigenvalue weighted by Crippen LogP contribution is 2.20. The fraction of sp³-hybridized carbons (Fsp3) is 0.600. The standard InChI is InChI=1S/C10H17N3O4S/c1-7(4-10(2,11)9(14)15)13-6-8(5-12-13)18(3,16)17/h5-7H,4,11H2,1-3H3,(H,14,15). The maximum Gasteiger partial charge on any atom is 0.323 e. The minimum absolute atomic E-state index is 0.100. The first kappa shape index (κ1) is 14.7. The second-order valence-electron chi connectivity index (χ2n) is 4.70. The van der Waals surface area contributed by atoms with Gasteiger partial charge in [0.25, 0.3) is 0 Å². The van der Waals surface area contributed by atoms with Crippen LogP contribution < -0.4 is 5.73 Å². The highest BCUT2D eigenvalue weighted by atomic mass is 32.2. The molecule has 0 bridgehead atoms. The Bertz CT molecular complexity index is 547. The molecule has 1 rings (SSSR count). The number of nitrogens with zero attached hydrogens (tertiary/aromatic N) is 2. The maximum atomic E-state index is 11.3. The predicted molar refractivity (Wildman–Crippen MR) is 64.9 cm³/mol. The summed E-state index contributed by atoms with van der Waals surface area (Å²) < 4.78 is 24.0. The number of hydrogen-bond donors (Lipinski definition) is 2. The molecule has 3 N–H and O–H groups in total. The summed E-state index contributed by atoms with van der Waals surface area (Å²) >= 11 is 0. The average Bonchev–Trinajstić information content (AvgIpc) is 2.64. The van der Waals surface area contributed by atoms with Crippen molar-refractivity contribution in [2.45, 2.75) is 36.7 Å². The van der Waals surface area contributed by atoms with E-state index in [1.807, 2.05) is 0 Å². The molecule has 1 heterocycles. The Morgan fingerprint density at radius 2 is 2.22 bits per heavy atom. The van der Waals surface area contributed by atoms with Crippen molar-refractivity contribution in [3.8, 4) is 0 Å². The predicted octanol–water partition coefficient (Wildman–Crippen LogP) is 0.0397. The molecule has 2 unspecified atom stereocenters. The van der Waals surface area contributed by atoms with Gasteiger partial charge >= 0.3 is 5.97 Å². The minimum Gasteiger partial charge on any atom is -0.480 e. The number of sulfone groups is 1. The van der Waals surface area contributed by atoms with E-state index >= 15 is 0 Å². The molecule has 0 fully saturated rings. The molecule has 18 heavy (non-hydrogen) atoms. The summed E-state index contributed by atoms with van der Waals surface area (Å²) in [7, 11) is -3.31. The number of rotatable bonds is 5. The molecule has 7 nitrogen and oxygen atoms in total. The van der Waals surface area contributed by atoms with Crippen LogP contribution in [0.1, 0.15) is 26.3 Å². The molecule has 1 aromatic heterocycles. The number of carbonyl (C=O) groups is 1. The van der Waals surface area contributed by atoms with E-state index in [0.717, 1.165) is 6.26 Å². The molecular weight excluding hydrogens is 258 g/mol. The molecule has 0 saturated carbocycles. The summed E-state index contributed by atoms with van der Waals surface area (Å²) in [6.45, 7) is 3.14. The first-order valence-corrected chi connectivity index (χ1v) is 7.19. The van der Waals surface area contributed by atoms with Crippen molar-refractivity contribution in [2.75, 3.05) is 6.26 Å². The zero-order chi connectivity index (χ0) is 14.1. The summed E-state index contributed by atoms with van der Waals surface area (Å²) in [4.78, 5) is 11.0. The van der Waals surface area contributed by atoms with Crippen molar-refractivity contribution in [1.82, 2.24) is 9.78 Å². The van der Waals surface area contributed by atoms with Crippen LogP contribution in [0.2, 0.25) is 0 Å². The lowest BCUT2D eigenvalue weighted by Gasteiger charge is -2.23. The number of carboxylic acid groups (broad SMARTS) is 1. The van der Waals surface area contributed by atoms with Crippen molar-refractivity contribution in [1.29, 1.82) is 0 Å². The van der Waals surface area contributed by atoms with Gasteiger partial charge in [0.1, 0.15) is 10.4 Å². The van der Waals surface area contributed by atoms with Crippen molar-refractivity contribution < 1.29 is 18.3 Å². The largest absolute Gasteiger partial charge is 0.480 e. The van der Waals surface area contributed by atoms with E-state index in [-0.39, 0.29) is 17.4 Å². The molecule has 0 aromatic carbocycles. The monoisotopic (exact) mass is 275 g/mol. The van der Waals surface area contributed by atoms with Crippen molar-refractivity contribution >= 4 is 15.8 Å². The smallest absolute Gasteiger partial charge is 0.323 e. The van der Waals surface area contributed by atoms with Gasteiger partial charge in [-0.1, -0.05) is 0 Å². The third-order valence-electron chi connectivity index (χ3n) is 2.67. The highest BCUT2D eigenvalue weighted by Gasteiger charge is 2.30. The number of carboxylic acids is 1. The zero-order valence-corrected chi connectivity index (χ0v) is 11.3. The molecule has 102 valence electrons. The molecule has 0 aliphatic heterocycles. The van der Waals surface area contributed by atoms with Crippen molar-refractivity contribution in [2.24, 2.45) is 5.73 Å². The molecule has 0 aliphatic rings. The van der Waals surface area contributed by atoms with Gasteiger partial charge in [0.15, 0.2) is 9.84 Å². The molecule has 0 aliphatic carbocycles. The van der Waals surface area contributed by atoms with Crippen LogP contribution in [-0.4, -0.2) is 41.1 Å². The fourth-order valence-corrected chi connectivity index (χ4v) is 2.09. The molecule has 0 spiro atoms. The van der Waals surface area contributed by atoms with Gasteiger partial charge in [0, 0.05) is 12.5 Å². The summed E-state index contributed by atoms with van der Waals surface area (Å²) in [5.41, 5.74) is 4.25. The second-order valence-corrected chi connectivity index (χ2v) is 6.72. The molecule has 1 aromatic rings. The van der Waals surface area contributed by atoms with Gasteiger partial charge in [0.05, 0.1) is 12.2 Å².